The first kappa shape index (κ1) is 14.2. The number of carboxylic acid groups (broad SMARTS) is 1. The van der Waals surface area contributed by atoms with E-state index in [0.717, 1.165) is 17.6 Å². The van der Waals surface area contributed by atoms with Gasteiger partial charge in [0.1, 0.15) is 0 Å². The van der Waals surface area contributed by atoms with Crippen LogP contribution in [0.15, 0.2) is 48.7 Å². The lowest BCUT2D eigenvalue weighted by atomic mass is 10.0. The van der Waals surface area contributed by atoms with Gasteiger partial charge in [0, 0.05) is 22.7 Å². The molecule has 0 radical (unpaired) electrons. The second-order valence-electron chi connectivity index (χ2n) is 4.84. The van der Waals surface area contributed by atoms with Gasteiger partial charge in [0.25, 0.3) is 0 Å². The molecule has 0 bridgehead atoms. The van der Waals surface area contributed by atoms with Crippen molar-refractivity contribution in [1.29, 1.82) is 0 Å². The number of aromatic amines is 1. The van der Waals surface area contributed by atoms with Crippen molar-refractivity contribution < 1.29 is 23.1 Å². The van der Waals surface area contributed by atoms with Crippen molar-refractivity contribution in [3.05, 3.63) is 59.8 Å². The highest BCUT2D eigenvalue weighted by Crippen LogP contribution is 2.33. The third-order valence-electron chi connectivity index (χ3n) is 3.45. The molecular weight excluding hydrogens is 295 g/mol. The lowest BCUT2D eigenvalue weighted by Gasteiger charge is -2.07. The number of alkyl halides is 3. The summed E-state index contributed by atoms with van der Waals surface area (Å²) < 4.78 is 37.8. The van der Waals surface area contributed by atoms with Gasteiger partial charge < -0.3 is 10.1 Å². The molecule has 6 heteroatoms. The molecule has 2 aromatic carbocycles. The van der Waals surface area contributed by atoms with Gasteiger partial charge in [-0.3, -0.25) is 0 Å². The molecule has 22 heavy (non-hydrogen) atoms. The molecule has 2 N–H and O–H groups in total. The normalized spacial score (nSPS) is 11.8. The Labute approximate surface area is 123 Å². The van der Waals surface area contributed by atoms with E-state index in [1.54, 1.807) is 12.3 Å². The van der Waals surface area contributed by atoms with Crippen LogP contribution in [0.3, 0.4) is 0 Å². The van der Waals surface area contributed by atoms with Gasteiger partial charge in [0.15, 0.2) is 0 Å². The summed E-state index contributed by atoms with van der Waals surface area (Å²) in [5, 5.41) is 9.69. The molecule has 0 saturated carbocycles. The van der Waals surface area contributed by atoms with Crippen LogP contribution in [-0.4, -0.2) is 16.1 Å². The number of carboxylic acids is 1. The molecule has 0 unspecified atom stereocenters. The quantitative estimate of drug-likeness (QED) is 0.729. The predicted octanol–water partition coefficient (Wildman–Crippen LogP) is 4.55. The number of hydrogen-bond acceptors (Lipinski definition) is 1. The number of aromatic nitrogens is 1. The molecule has 0 aliphatic carbocycles. The molecule has 0 saturated heterocycles. The van der Waals surface area contributed by atoms with E-state index in [1.807, 2.05) is 0 Å². The molecule has 1 heterocycles. The van der Waals surface area contributed by atoms with Crippen LogP contribution in [0.2, 0.25) is 0 Å². The second kappa shape index (κ2) is 4.91. The van der Waals surface area contributed by atoms with Gasteiger partial charge in [-0.05, 0) is 35.9 Å². The number of carbonyl (C=O) groups is 1. The molecule has 3 aromatic rings. The van der Waals surface area contributed by atoms with Crippen LogP contribution in [-0.2, 0) is 6.18 Å². The van der Waals surface area contributed by atoms with Crippen LogP contribution in [0.25, 0.3) is 22.0 Å². The minimum Gasteiger partial charge on any atom is -0.478 e. The van der Waals surface area contributed by atoms with Crippen LogP contribution >= 0.6 is 0 Å². The molecule has 3 rings (SSSR count). The van der Waals surface area contributed by atoms with Crippen molar-refractivity contribution in [2.45, 2.75) is 6.18 Å². The highest BCUT2D eigenvalue weighted by atomic mass is 19.4. The Balaban J connectivity index is 2.10. The van der Waals surface area contributed by atoms with E-state index in [0.29, 0.717) is 16.5 Å². The number of benzene rings is 2. The first-order valence-corrected chi connectivity index (χ1v) is 6.38. The van der Waals surface area contributed by atoms with E-state index in [1.165, 1.54) is 24.3 Å². The van der Waals surface area contributed by atoms with Gasteiger partial charge in [-0.25, -0.2) is 4.79 Å². The van der Waals surface area contributed by atoms with Crippen molar-refractivity contribution in [3.63, 3.8) is 0 Å². The molecule has 112 valence electrons. The molecule has 0 amide bonds. The molecule has 0 fully saturated rings. The third-order valence-corrected chi connectivity index (χ3v) is 3.45. The highest BCUT2D eigenvalue weighted by molar-refractivity contribution is 6.00. The molecule has 0 aliphatic heterocycles. The third kappa shape index (κ3) is 2.43. The Morgan fingerprint density at radius 1 is 1.05 bits per heavy atom. The van der Waals surface area contributed by atoms with Gasteiger partial charge in [0.05, 0.1) is 11.1 Å². The summed E-state index contributed by atoms with van der Waals surface area (Å²) in [5.41, 5.74) is 1.37. The fourth-order valence-corrected chi connectivity index (χ4v) is 2.33. The van der Waals surface area contributed by atoms with E-state index < -0.39 is 17.7 Å². The minimum atomic E-state index is -4.38. The second-order valence-corrected chi connectivity index (χ2v) is 4.84. The maximum atomic E-state index is 12.6. The fraction of sp³-hybridized carbons (Fsp3) is 0.0625. The van der Waals surface area contributed by atoms with Crippen LogP contribution in [0.5, 0.6) is 0 Å². The average Bonchev–Trinajstić information content (AvgIpc) is 2.89. The summed E-state index contributed by atoms with van der Waals surface area (Å²) in [6.07, 6.45) is -2.73. The lowest BCUT2D eigenvalue weighted by Crippen LogP contribution is -2.03. The number of hydrogen-bond donors (Lipinski definition) is 2. The lowest BCUT2D eigenvalue weighted by molar-refractivity contribution is -0.137. The number of fused-ring (bicyclic) bond motifs is 1. The van der Waals surface area contributed by atoms with Crippen LogP contribution < -0.4 is 0 Å². The Morgan fingerprint density at radius 3 is 2.32 bits per heavy atom. The summed E-state index contributed by atoms with van der Waals surface area (Å²) in [4.78, 5) is 14.0. The summed E-state index contributed by atoms with van der Waals surface area (Å²) in [7, 11) is 0. The largest absolute Gasteiger partial charge is 0.478 e. The van der Waals surface area contributed by atoms with Gasteiger partial charge in [0.2, 0.25) is 0 Å². The standard InChI is InChI=1S/C16H10F3NO2/c17-16(18,19)11-4-1-9(2-5-11)13-8-20-14-6-3-10(15(21)22)7-12(13)14/h1-8,20H,(H,21,22). The zero-order chi connectivity index (χ0) is 15.9. The molecule has 0 atom stereocenters. The summed E-state index contributed by atoms with van der Waals surface area (Å²) >= 11 is 0. The van der Waals surface area contributed by atoms with Crippen molar-refractivity contribution in [3.8, 4) is 11.1 Å². The number of H-pyrrole nitrogens is 1. The van der Waals surface area contributed by atoms with Crippen molar-refractivity contribution in [2.24, 2.45) is 0 Å². The maximum absolute atomic E-state index is 12.6. The molecule has 0 aliphatic rings. The molecule has 1 aromatic heterocycles. The zero-order valence-electron chi connectivity index (χ0n) is 11.1. The highest BCUT2D eigenvalue weighted by Gasteiger charge is 2.30. The van der Waals surface area contributed by atoms with Gasteiger partial charge in [-0.2, -0.15) is 13.2 Å². The number of aromatic carboxylic acids is 1. The van der Waals surface area contributed by atoms with Crippen molar-refractivity contribution in [1.82, 2.24) is 4.98 Å². The number of rotatable bonds is 2. The molecular formula is C16H10F3NO2. The zero-order valence-corrected chi connectivity index (χ0v) is 11.1. The summed E-state index contributed by atoms with van der Waals surface area (Å²) in [6.45, 7) is 0. The maximum Gasteiger partial charge on any atom is 0.416 e. The first-order chi connectivity index (χ1) is 10.4. The number of halogens is 3. The Bertz CT molecular complexity index is 848. The van der Waals surface area contributed by atoms with Crippen molar-refractivity contribution >= 4 is 16.9 Å². The van der Waals surface area contributed by atoms with Crippen LogP contribution in [0.1, 0.15) is 15.9 Å². The fourth-order valence-electron chi connectivity index (χ4n) is 2.33. The predicted molar refractivity (Wildman–Crippen MR) is 75.7 cm³/mol. The van der Waals surface area contributed by atoms with Gasteiger partial charge >= 0.3 is 12.1 Å². The molecule has 0 spiro atoms. The van der Waals surface area contributed by atoms with E-state index in [4.69, 9.17) is 5.11 Å². The Kier molecular flexibility index (Phi) is 3.16. The van der Waals surface area contributed by atoms with Crippen LogP contribution in [0, 0.1) is 0 Å². The monoisotopic (exact) mass is 305 g/mol. The Hall–Kier alpha value is -2.76. The molecule has 3 nitrogen and oxygen atoms in total. The van der Waals surface area contributed by atoms with E-state index in [9.17, 15) is 18.0 Å². The van der Waals surface area contributed by atoms with Gasteiger partial charge in [-0.1, -0.05) is 12.1 Å². The van der Waals surface area contributed by atoms with Crippen molar-refractivity contribution in [2.75, 3.05) is 0 Å². The average molecular weight is 305 g/mol. The smallest absolute Gasteiger partial charge is 0.416 e. The van der Waals surface area contributed by atoms with Gasteiger partial charge in [-0.15, -0.1) is 0 Å². The van der Waals surface area contributed by atoms with E-state index in [2.05, 4.69) is 4.98 Å². The first-order valence-electron chi connectivity index (χ1n) is 6.38. The van der Waals surface area contributed by atoms with Crippen LogP contribution in [0.4, 0.5) is 13.2 Å². The number of nitrogens with one attached hydrogen (secondary N) is 1. The van der Waals surface area contributed by atoms with E-state index >= 15 is 0 Å². The Morgan fingerprint density at radius 2 is 1.73 bits per heavy atom. The SMILES string of the molecule is O=C(O)c1ccc2[nH]cc(-c3ccc(C(F)(F)F)cc3)c2c1. The summed E-state index contributed by atoms with van der Waals surface area (Å²) in [6, 6.07) is 9.37. The topological polar surface area (TPSA) is 53.1 Å². The minimum absolute atomic E-state index is 0.125. The van der Waals surface area contributed by atoms with E-state index in [-0.39, 0.29) is 5.56 Å². The summed E-state index contributed by atoms with van der Waals surface area (Å²) in [5.74, 6) is -1.05.